The first-order valence-electron chi connectivity index (χ1n) is 9.69. The maximum absolute atomic E-state index is 12.8. The highest BCUT2D eigenvalue weighted by molar-refractivity contribution is 7.07. The van der Waals surface area contributed by atoms with E-state index < -0.39 is 0 Å². The number of methoxy groups -OCH3 is 1. The summed E-state index contributed by atoms with van der Waals surface area (Å²) in [7, 11) is 1.52. The van der Waals surface area contributed by atoms with E-state index in [-0.39, 0.29) is 5.91 Å². The summed E-state index contributed by atoms with van der Waals surface area (Å²) in [5.74, 6) is 1.42. The summed E-state index contributed by atoms with van der Waals surface area (Å²) in [6.45, 7) is 0.646. The van der Waals surface area contributed by atoms with Gasteiger partial charge in [-0.1, -0.05) is 0 Å². The zero-order valence-electron chi connectivity index (χ0n) is 17.2. The zero-order valence-corrected chi connectivity index (χ0v) is 18.0. The van der Waals surface area contributed by atoms with Crippen molar-refractivity contribution in [3.63, 3.8) is 0 Å². The highest BCUT2D eigenvalue weighted by Crippen LogP contribution is 2.30. The van der Waals surface area contributed by atoms with Crippen molar-refractivity contribution in [2.75, 3.05) is 12.4 Å². The molecule has 0 aliphatic rings. The molecule has 3 heterocycles. The molecule has 0 unspecified atom stereocenters. The lowest BCUT2D eigenvalue weighted by atomic mass is 10.2. The number of anilines is 1. The van der Waals surface area contributed by atoms with Crippen LogP contribution in [0.25, 0.3) is 0 Å². The van der Waals surface area contributed by atoms with Gasteiger partial charge >= 0.3 is 0 Å². The van der Waals surface area contributed by atoms with Crippen molar-refractivity contribution >= 4 is 23.1 Å². The van der Waals surface area contributed by atoms with E-state index in [1.165, 1.54) is 18.4 Å². The summed E-state index contributed by atoms with van der Waals surface area (Å²) in [5, 5.41) is 4.71. The summed E-state index contributed by atoms with van der Waals surface area (Å²) in [6, 6.07) is 12.2. The van der Waals surface area contributed by atoms with Gasteiger partial charge in [0.1, 0.15) is 13.2 Å². The van der Waals surface area contributed by atoms with E-state index in [9.17, 15) is 4.79 Å². The van der Waals surface area contributed by atoms with Crippen molar-refractivity contribution in [3.8, 4) is 17.2 Å². The summed E-state index contributed by atoms with van der Waals surface area (Å²) in [6.07, 6.45) is 4.98. The van der Waals surface area contributed by atoms with Gasteiger partial charge < -0.3 is 19.5 Å². The monoisotopic (exact) mass is 448 g/mol. The average Bonchev–Trinajstić information content (AvgIpc) is 3.36. The van der Waals surface area contributed by atoms with Crippen LogP contribution in [0.4, 0.5) is 5.82 Å². The van der Waals surface area contributed by atoms with Crippen molar-refractivity contribution < 1.29 is 19.0 Å². The van der Waals surface area contributed by atoms with E-state index >= 15 is 0 Å². The number of amides is 1. The number of carbonyl (C=O) groups excluding carboxylic acids is 1. The Bertz CT molecular complexity index is 1170. The number of nitrogens with zero attached hydrogens (tertiary/aromatic N) is 3. The predicted octanol–water partition coefficient (Wildman–Crippen LogP) is 4.35. The fourth-order valence-electron chi connectivity index (χ4n) is 2.81. The molecule has 0 radical (unpaired) electrons. The van der Waals surface area contributed by atoms with E-state index in [2.05, 4.69) is 20.3 Å². The molecule has 0 bridgehead atoms. The number of nitrogens with one attached hydrogen (secondary N) is 1. The summed E-state index contributed by atoms with van der Waals surface area (Å²) in [4.78, 5) is 25.3. The van der Waals surface area contributed by atoms with Crippen LogP contribution in [0.1, 0.15) is 21.6 Å². The molecule has 3 aromatic heterocycles. The van der Waals surface area contributed by atoms with Crippen LogP contribution in [0.5, 0.6) is 17.2 Å². The second-order valence-electron chi connectivity index (χ2n) is 6.58. The first kappa shape index (κ1) is 21.3. The number of aromatic nitrogens is 3. The maximum Gasteiger partial charge on any atom is 0.257 e. The molecule has 0 saturated carbocycles. The number of thiazole rings is 1. The van der Waals surface area contributed by atoms with Crippen molar-refractivity contribution in [3.05, 3.63) is 88.8 Å². The molecule has 8 nitrogen and oxygen atoms in total. The first-order valence-corrected chi connectivity index (χ1v) is 10.6. The lowest BCUT2D eigenvalue weighted by Gasteiger charge is -2.13. The molecule has 0 fully saturated rings. The number of carbonyl (C=O) groups is 1. The number of rotatable bonds is 9. The molecule has 4 rings (SSSR count). The van der Waals surface area contributed by atoms with Gasteiger partial charge in [-0.2, -0.15) is 0 Å². The predicted molar refractivity (Wildman–Crippen MR) is 120 cm³/mol. The second kappa shape index (κ2) is 10.4. The molecule has 0 saturated heterocycles. The number of hydrogen-bond donors (Lipinski definition) is 1. The molecule has 32 heavy (non-hydrogen) atoms. The van der Waals surface area contributed by atoms with Gasteiger partial charge in [-0.15, -0.1) is 11.3 Å². The molecule has 0 aliphatic heterocycles. The maximum atomic E-state index is 12.8. The van der Waals surface area contributed by atoms with Crippen molar-refractivity contribution in [1.29, 1.82) is 0 Å². The average molecular weight is 449 g/mol. The van der Waals surface area contributed by atoms with Crippen LogP contribution in [-0.2, 0) is 13.2 Å². The van der Waals surface area contributed by atoms with E-state index in [0.717, 1.165) is 11.3 Å². The topological polar surface area (TPSA) is 95.5 Å². The quantitative estimate of drug-likeness (QED) is 0.407. The van der Waals surface area contributed by atoms with Gasteiger partial charge in [0.25, 0.3) is 5.91 Å². The van der Waals surface area contributed by atoms with Gasteiger partial charge in [-0.25, -0.2) is 9.97 Å². The smallest absolute Gasteiger partial charge is 0.257 e. The van der Waals surface area contributed by atoms with Crippen molar-refractivity contribution in [2.45, 2.75) is 13.2 Å². The minimum atomic E-state index is -0.346. The summed E-state index contributed by atoms with van der Waals surface area (Å²) < 4.78 is 17.0. The fourth-order valence-corrected chi connectivity index (χ4v) is 3.35. The summed E-state index contributed by atoms with van der Waals surface area (Å²) in [5.41, 5.74) is 3.93. The minimum absolute atomic E-state index is 0.317. The Morgan fingerprint density at radius 2 is 1.81 bits per heavy atom. The molecule has 1 amide bonds. The molecule has 1 aromatic carbocycles. The third kappa shape index (κ3) is 5.38. The molecule has 0 aliphatic carbocycles. The lowest BCUT2D eigenvalue weighted by Crippen LogP contribution is -2.14. The largest absolute Gasteiger partial charge is 0.493 e. The van der Waals surface area contributed by atoms with Crippen LogP contribution in [-0.4, -0.2) is 28.0 Å². The number of ether oxygens (including phenoxy) is 3. The van der Waals surface area contributed by atoms with Crippen LogP contribution >= 0.6 is 11.3 Å². The van der Waals surface area contributed by atoms with Gasteiger partial charge in [0, 0.05) is 29.5 Å². The Balaban J connectivity index is 1.44. The molecule has 9 heteroatoms. The second-order valence-corrected chi connectivity index (χ2v) is 7.30. The Labute approximate surface area is 188 Å². The van der Waals surface area contributed by atoms with Crippen LogP contribution < -0.4 is 19.5 Å². The Morgan fingerprint density at radius 1 is 0.969 bits per heavy atom. The van der Waals surface area contributed by atoms with E-state index in [4.69, 9.17) is 14.2 Å². The number of benzene rings is 1. The lowest BCUT2D eigenvalue weighted by molar-refractivity contribution is 0.102. The number of hydrogen-bond acceptors (Lipinski definition) is 8. The first-order chi connectivity index (χ1) is 15.7. The van der Waals surface area contributed by atoms with E-state index in [1.54, 1.807) is 54.4 Å². The van der Waals surface area contributed by atoms with E-state index in [0.29, 0.717) is 41.8 Å². The van der Waals surface area contributed by atoms with E-state index in [1.807, 2.05) is 17.5 Å². The highest BCUT2D eigenvalue weighted by atomic mass is 32.1. The molecule has 0 spiro atoms. The van der Waals surface area contributed by atoms with Crippen molar-refractivity contribution in [1.82, 2.24) is 15.0 Å². The third-order valence-electron chi connectivity index (χ3n) is 4.43. The molecule has 4 aromatic rings. The third-order valence-corrected chi connectivity index (χ3v) is 5.07. The van der Waals surface area contributed by atoms with Crippen LogP contribution in [0.2, 0.25) is 0 Å². The molecule has 162 valence electrons. The van der Waals surface area contributed by atoms with Gasteiger partial charge in [0.2, 0.25) is 0 Å². The SMILES string of the molecule is COc1cc(C(=O)Nc2ncccc2OCc2ccncc2)ccc1OCc1cscn1. The normalized spacial score (nSPS) is 10.4. The van der Waals surface area contributed by atoms with Gasteiger partial charge in [0.15, 0.2) is 23.1 Å². The number of pyridine rings is 2. The van der Waals surface area contributed by atoms with Crippen molar-refractivity contribution in [2.24, 2.45) is 0 Å². The zero-order chi connectivity index (χ0) is 22.2. The van der Waals surface area contributed by atoms with Gasteiger partial charge in [-0.3, -0.25) is 9.78 Å². The highest BCUT2D eigenvalue weighted by Gasteiger charge is 2.15. The standard InChI is InChI=1S/C23H20N4O4S/c1-29-21-11-17(4-5-19(21)31-13-18-14-32-15-26-18)23(28)27-22-20(3-2-8-25-22)30-12-16-6-9-24-10-7-16/h2-11,14-15H,12-13H2,1H3,(H,25,27,28). The van der Waals surface area contributed by atoms with Crippen LogP contribution in [0.3, 0.4) is 0 Å². The van der Waals surface area contributed by atoms with Gasteiger partial charge in [0.05, 0.1) is 18.3 Å². The van der Waals surface area contributed by atoms with Crippen LogP contribution in [0.15, 0.2) is 71.9 Å². The minimum Gasteiger partial charge on any atom is -0.493 e. The van der Waals surface area contributed by atoms with Crippen LogP contribution in [0, 0.1) is 0 Å². The molecular weight excluding hydrogens is 428 g/mol. The summed E-state index contributed by atoms with van der Waals surface area (Å²) >= 11 is 1.50. The Kier molecular flexibility index (Phi) is 6.88. The molecular formula is C23H20N4O4S. The van der Waals surface area contributed by atoms with Gasteiger partial charge in [-0.05, 0) is 48.0 Å². The Hall–Kier alpha value is -3.98. The fraction of sp³-hybridized carbons (Fsp3) is 0.130. The Morgan fingerprint density at radius 3 is 2.59 bits per heavy atom. The molecule has 0 atom stereocenters. The molecule has 1 N–H and O–H groups in total.